The molecule has 1 aromatic rings. The smallest absolute Gasteiger partial charge is 0.282 e. The molecule has 0 atom stereocenters. The molecule has 2 aliphatic rings. The Balaban J connectivity index is 1.73. The lowest BCUT2D eigenvalue weighted by Gasteiger charge is -2.35. The number of amides is 1. The zero-order chi connectivity index (χ0) is 18.0. The molecule has 0 N–H and O–H groups in total. The van der Waals surface area contributed by atoms with Crippen molar-refractivity contribution in [2.75, 3.05) is 32.7 Å². The summed E-state index contributed by atoms with van der Waals surface area (Å²) in [5.74, 6) is -0.0744. The minimum Gasteiger partial charge on any atom is -0.342 e. The maximum absolute atomic E-state index is 12.9. The molecule has 6 nitrogen and oxygen atoms in total. The van der Waals surface area contributed by atoms with Gasteiger partial charge in [-0.25, -0.2) is 0 Å². The second-order valence-electron chi connectivity index (χ2n) is 7.05. The van der Waals surface area contributed by atoms with Crippen molar-refractivity contribution in [3.63, 3.8) is 0 Å². The number of aryl methyl sites for hydroxylation is 2. The van der Waals surface area contributed by atoms with Gasteiger partial charge in [0, 0.05) is 32.7 Å². The topological polar surface area (TPSA) is 60.9 Å². The Hall–Kier alpha value is -1.44. The summed E-state index contributed by atoms with van der Waals surface area (Å²) in [5, 5.41) is 0. The summed E-state index contributed by atoms with van der Waals surface area (Å²) in [6.07, 6.45) is 2.77. The van der Waals surface area contributed by atoms with Gasteiger partial charge in [0.25, 0.3) is 10.2 Å². The van der Waals surface area contributed by atoms with Crippen molar-refractivity contribution in [2.45, 2.75) is 39.7 Å². The van der Waals surface area contributed by atoms with Crippen LogP contribution in [0.5, 0.6) is 0 Å². The van der Waals surface area contributed by atoms with Crippen LogP contribution in [-0.2, 0) is 21.5 Å². The van der Waals surface area contributed by atoms with E-state index in [9.17, 15) is 13.2 Å². The Morgan fingerprint density at radius 1 is 1.00 bits per heavy atom. The highest BCUT2D eigenvalue weighted by Crippen LogP contribution is 2.22. The molecule has 0 spiro atoms. The van der Waals surface area contributed by atoms with Gasteiger partial charge in [0.15, 0.2) is 0 Å². The van der Waals surface area contributed by atoms with Crippen LogP contribution in [0.15, 0.2) is 18.2 Å². The summed E-state index contributed by atoms with van der Waals surface area (Å²) in [4.78, 5) is 14.1. The van der Waals surface area contributed by atoms with Crippen molar-refractivity contribution < 1.29 is 13.2 Å². The third-order valence-electron chi connectivity index (χ3n) is 5.09. The molecule has 2 saturated heterocycles. The fourth-order valence-corrected chi connectivity index (χ4v) is 5.14. The molecule has 1 aromatic carbocycles. The van der Waals surface area contributed by atoms with Crippen LogP contribution in [0.2, 0.25) is 0 Å². The van der Waals surface area contributed by atoms with Crippen molar-refractivity contribution in [3.8, 4) is 0 Å². The Labute approximate surface area is 150 Å². The second kappa shape index (κ2) is 7.43. The summed E-state index contributed by atoms with van der Waals surface area (Å²) >= 11 is 0. The van der Waals surface area contributed by atoms with E-state index >= 15 is 0 Å². The minimum absolute atomic E-state index is 0.0361. The fourth-order valence-electron chi connectivity index (χ4n) is 3.52. The summed E-state index contributed by atoms with van der Waals surface area (Å²) in [6.45, 7) is 6.76. The molecule has 25 heavy (non-hydrogen) atoms. The van der Waals surface area contributed by atoms with E-state index < -0.39 is 10.2 Å². The Kier molecular flexibility index (Phi) is 5.46. The first kappa shape index (κ1) is 18.4. The lowest BCUT2D eigenvalue weighted by Crippen LogP contribution is -2.52. The van der Waals surface area contributed by atoms with Crippen molar-refractivity contribution in [1.82, 2.24) is 13.5 Å². The van der Waals surface area contributed by atoms with Gasteiger partial charge in [0.05, 0.1) is 6.54 Å². The van der Waals surface area contributed by atoms with E-state index in [0.29, 0.717) is 19.6 Å². The molecule has 7 heteroatoms. The van der Waals surface area contributed by atoms with Gasteiger partial charge in [-0.2, -0.15) is 17.0 Å². The quantitative estimate of drug-likeness (QED) is 0.816. The van der Waals surface area contributed by atoms with E-state index in [-0.39, 0.29) is 12.5 Å². The number of carbonyl (C=O) groups excluding carboxylic acids is 1. The van der Waals surface area contributed by atoms with Crippen LogP contribution in [0.3, 0.4) is 0 Å². The molecule has 3 rings (SSSR count). The number of hydrogen-bond acceptors (Lipinski definition) is 3. The van der Waals surface area contributed by atoms with E-state index in [1.54, 1.807) is 4.90 Å². The number of hydrogen-bond donors (Lipinski definition) is 0. The third-order valence-corrected chi connectivity index (χ3v) is 7.02. The van der Waals surface area contributed by atoms with Crippen LogP contribution < -0.4 is 0 Å². The maximum atomic E-state index is 12.9. The zero-order valence-corrected chi connectivity index (χ0v) is 15.9. The van der Waals surface area contributed by atoms with Gasteiger partial charge in [-0.1, -0.05) is 23.8 Å². The number of likely N-dealkylation sites (tertiary alicyclic amines) is 1. The normalized spacial score (nSPS) is 21.6. The molecule has 0 radical (unpaired) electrons. The number of rotatable bonds is 4. The Morgan fingerprint density at radius 3 is 2.40 bits per heavy atom. The minimum atomic E-state index is -3.60. The molecule has 0 aromatic heterocycles. The largest absolute Gasteiger partial charge is 0.342 e. The van der Waals surface area contributed by atoms with Crippen LogP contribution in [0.4, 0.5) is 0 Å². The third kappa shape index (κ3) is 4.04. The first-order valence-electron chi connectivity index (χ1n) is 8.97. The maximum Gasteiger partial charge on any atom is 0.282 e. The lowest BCUT2D eigenvalue weighted by atomic mass is 10.1. The van der Waals surface area contributed by atoms with Crippen LogP contribution in [0.25, 0.3) is 0 Å². The standard InChI is InChI=1S/C18H27N3O3S/c1-15-6-7-16(2)17(12-15)13-20-10-5-11-21(25(20,23)24)14-18(22)19-8-3-4-9-19/h6-7,12H,3-5,8-11,13-14H2,1-2H3. The molecule has 2 fully saturated rings. The van der Waals surface area contributed by atoms with Gasteiger partial charge >= 0.3 is 0 Å². The average Bonchev–Trinajstić information content (AvgIpc) is 3.09. The van der Waals surface area contributed by atoms with Crippen LogP contribution in [0, 0.1) is 13.8 Å². The van der Waals surface area contributed by atoms with Crippen molar-refractivity contribution >= 4 is 16.1 Å². The van der Waals surface area contributed by atoms with E-state index in [1.807, 2.05) is 32.0 Å². The van der Waals surface area contributed by atoms with E-state index in [0.717, 1.165) is 49.0 Å². The van der Waals surface area contributed by atoms with E-state index in [2.05, 4.69) is 0 Å². The molecular weight excluding hydrogens is 338 g/mol. The van der Waals surface area contributed by atoms with Crippen molar-refractivity contribution in [3.05, 3.63) is 34.9 Å². The molecule has 1 amide bonds. The molecule has 0 unspecified atom stereocenters. The lowest BCUT2D eigenvalue weighted by molar-refractivity contribution is -0.130. The number of benzene rings is 1. The zero-order valence-electron chi connectivity index (χ0n) is 15.1. The van der Waals surface area contributed by atoms with Gasteiger partial charge in [-0.15, -0.1) is 0 Å². The fraction of sp³-hybridized carbons (Fsp3) is 0.611. The molecule has 0 saturated carbocycles. The van der Waals surface area contributed by atoms with E-state index in [1.165, 1.54) is 8.61 Å². The summed E-state index contributed by atoms with van der Waals surface area (Å²) in [5.41, 5.74) is 3.23. The Morgan fingerprint density at radius 2 is 1.68 bits per heavy atom. The summed E-state index contributed by atoms with van der Waals surface area (Å²) in [7, 11) is -3.60. The van der Waals surface area contributed by atoms with Crippen LogP contribution >= 0.6 is 0 Å². The molecule has 2 heterocycles. The van der Waals surface area contributed by atoms with E-state index in [4.69, 9.17) is 0 Å². The highest BCUT2D eigenvalue weighted by molar-refractivity contribution is 7.86. The number of carbonyl (C=O) groups is 1. The first-order chi connectivity index (χ1) is 11.9. The first-order valence-corrected chi connectivity index (χ1v) is 10.4. The van der Waals surface area contributed by atoms with Crippen LogP contribution in [-0.4, -0.2) is 60.6 Å². The number of nitrogens with zero attached hydrogens (tertiary/aromatic N) is 3. The van der Waals surface area contributed by atoms with Gasteiger partial charge in [-0.05, 0) is 44.2 Å². The van der Waals surface area contributed by atoms with Gasteiger partial charge in [0.1, 0.15) is 0 Å². The molecular formula is C18H27N3O3S. The SMILES string of the molecule is Cc1ccc(C)c(CN2CCCN(CC(=O)N3CCCC3)S2(=O)=O)c1. The summed E-state index contributed by atoms with van der Waals surface area (Å²) in [6, 6.07) is 6.10. The van der Waals surface area contributed by atoms with Crippen molar-refractivity contribution in [2.24, 2.45) is 0 Å². The predicted molar refractivity (Wildman–Crippen MR) is 97.2 cm³/mol. The summed E-state index contributed by atoms with van der Waals surface area (Å²) < 4.78 is 28.7. The van der Waals surface area contributed by atoms with Gasteiger partial charge in [-0.3, -0.25) is 4.79 Å². The molecule has 0 aliphatic carbocycles. The van der Waals surface area contributed by atoms with Gasteiger partial charge in [0.2, 0.25) is 5.91 Å². The molecule has 2 aliphatic heterocycles. The Bertz CT molecular complexity index is 742. The highest BCUT2D eigenvalue weighted by Gasteiger charge is 2.36. The highest BCUT2D eigenvalue weighted by atomic mass is 32.2. The average molecular weight is 365 g/mol. The van der Waals surface area contributed by atoms with Crippen LogP contribution in [0.1, 0.15) is 36.0 Å². The molecule has 0 bridgehead atoms. The van der Waals surface area contributed by atoms with Gasteiger partial charge < -0.3 is 4.90 Å². The predicted octanol–water partition coefficient (Wildman–Crippen LogP) is 1.68. The monoisotopic (exact) mass is 365 g/mol. The second-order valence-corrected chi connectivity index (χ2v) is 8.97. The van der Waals surface area contributed by atoms with Crippen molar-refractivity contribution in [1.29, 1.82) is 0 Å². The molecule has 138 valence electrons.